The summed E-state index contributed by atoms with van der Waals surface area (Å²) >= 11 is 3.87. The maximum Gasteiger partial charge on any atom is 0.279 e. The van der Waals surface area contributed by atoms with Gasteiger partial charge in [0, 0.05) is 6.07 Å². The monoisotopic (exact) mass is 158 g/mol. The van der Waals surface area contributed by atoms with Gasteiger partial charge >= 0.3 is 0 Å². The van der Waals surface area contributed by atoms with E-state index >= 15 is 0 Å². The van der Waals surface area contributed by atoms with Crippen molar-refractivity contribution in [2.24, 2.45) is 0 Å². The van der Waals surface area contributed by atoms with Crippen LogP contribution in [0.25, 0.3) is 0 Å². The van der Waals surface area contributed by atoms with Crippen LogP contribution in [0, 0.1) is 0 Å². The van der Waals surface area contributed by atoms with E-state index in [1.807, 2.05) is 0 Å². The van der Waals surface area contributed by atoms with Crippen LogP contribution in [0.4, 0.5) is 0 Å². The average Bonchev–Trinajstić information content (AvgIpc) is 1.88. The Hall–Kier alpha value is -0.970. The van der Waals surface area contributed by atoms with E-state index in [4.69, 9.17) is 0 Å². The summed E-state index contributed by atoms with van der Waals surface area (Å²) < 4.78 is 4.61. The lowest BCUT2D eigenvalue weighted by atomic mass is 10.5. The molecule has 0 aromatic carbocycles. The highest BCUT2D eigenvalue weighted by molar-refractivity contribution is 7.80. The zero-order chi connectivity index (χ0) is 7.56. The van der Waals surface area contributed by atoms with Crippen LogP contribution in [0.15, 0.2) is 15.9 Å². The number of rotatable bonds is 1. The molecule has 0 bridgehead atoms. The number of ether oxygens (including phenoxy) is 1. The Morgan fingerprint density at radius 3 is 3.00 bits per heavy atom. The van der Waals surface area contributed by atoms with Gasteiger partial charge in [0.1, 0.15) is 0 Å². The first kappa shape index (κ1) is 7.14. The van der Waals surface area contributed by atoms with Crippen molar-refractivity contribution >= 4 is 12.6 Å². The predicted molar refractivity (Wildman–Crippen MR) is 38.7 cm³/mol. The molecule has 0 radical (unpaired) electrons. The molecule has 0 saturated heterocycles. The fourth-order valence-electron chi connectivity index (χ4n) is 0.528. The van der Waals surface area contributed by atoms with Gasteiger partial charge in [-0.3, -0.25) is 9.89 Å². The second kappa shape index (κ2) is 2.74. The molecule has 5 heteroatoms. The summed E-state index contributed by atoms with van der Waals surface area (Å²) in [6, 6.07) is 1.30. The number of H-pyrrole nitrogens is 1. The Morgan fingerprint density at radius 2 is 2.50 bits per heavy atom. The molecule has 0 amide bonds. The first-order chi connectivity index (χ1) is 4.74. The van der Waals surface area contributed by atoms with E-state index < -0.39 is 0 Å². The highest BCUT2D eigenvalue weighted by Gasteiger charge is 1.98. The third kappa shape index (κ3) is 1.30. The van der Waals surface area contributed by atoms with E-state index in [1.165, 1.54) is 13.2 Å². The van der Waals surface area contributed by atoms with Crippen molar-refractivity contribution < 1.29 is 4.74 Å². The van der Waals surface area contributed by atoms with Crippen LogP contribution in [-0.4, -0.2) is 17.3 Å². The van der Waals surface area contributed by atoms with Gasteiger partial charge in [0.25, 0.3) is 5.88 Å². The molecular weight excluding hydrogens is 152 g/mol. The van der Waals surface area contributed by atoms with E-state index in [2.05, 4.69) is 27.6 Å². The van der Waals surface area contributed by atoms with Crippen molar-refractivity contribution in [1.29, 1.82) is 0 Å². The molecule has 0 aliphatic rings. The molecule has 0 aliphatic heterocycles. The fourth-order valence-corrected chi connectivity index (χ4v) is 0.695. The zero-order valence-electron chi connectivity index (χ0n) is 5.29. The molecule has 1 N–H and O–H groups in total. The lowest BCUT2D eigenvalue weighted by Gasteiger charge is -1.94. The minimum absolute atomic E-state index is 0.0535. The number of aromatic amines is 1. The quantitative estimate of drug-likeness (QED) is 0.568. The summed E-state index contributed by atoms with van der Waals surface area (Å²) in [7, 11) is 1.38. The van der Waals surface area contributed by atoms with Gasteiger partial charge in [-0.2, -0.15) is 0 Å². The van der Waals surface area contributed by atoms with Crippen molar-refractivity contribution in [2.45, 2.75) is 5.03 Å². The SMILES string of the molecule is COc1n[nH]c(S)cc1=O. The Balaban J connectivity index is 3.20. The van der Waals surface area contributed by atoms with Crippen LogP contribution in [0.1, 0.15) is 0 Å². The van der Waals surface area contributed by atoms with Gasteiger partial charge in [0.2, 0.25) is 5.43 Å². The molecule has 0 atom stereocenters. The van der Waals surface area contributed by atoms with E-state index in [9.17, 15) is 4.79 Å². The van der Waals surface area contributed by atoms with Crippen LogP contribution in [0.2, 0.25) is 0 Å². The summed E-state index contributed by atoms with van der Waals surface area (Å²) in [5.74, 6) is 0.0535. The number of hydrogen-bond acceptors (Lipinski definition) is 4. The highest BCUT2D eigenvalue weighted by Crippen LogP contribution is 1.97. The minimum Gasteiger partial charge on any atom is -0.477 e. The maximum atomic E-state index is 10.8. The third-order valence-corrected chi connectivity index (χ3v) is 1.17. The number of hydrogen-bond donors (Lipinski definition) is 2. The van der Waals surface area contributed by atoms with Gasteiger partial charge in [0.05, 0.1) is 12.1 Å². The summed E-state index contributed by atoms with van der Waals surface area (Å²) in [5, 5.41) is 6.46. The van der Waals surface area contributed by atoms with Crippen molar-refractivity contribution in [1.82, 2.24) is 10.2 Å². The number of aromatic nitrogens is 2. The van der Waals surface area contributed by atoms with Crippen LogP contribution in [0.3, 0.4) is 0 Å². The molecule has 4 nitrogen and oxygen atoms in total. The Bertz CT molecular complexity index is 283. The molecule has 1 heterocycles. The predicted octanol–water partition coefficient (Wildman–Crippen LogP) is 0.0672. The molecule has 1 aromatic rings. The van der Waals surface area contributed by atoms with E-state index in [0.29, 0.717) is 5.03 Å². The molecular formula is C5H6N2O2S. The second-order valence-corrected chi connectivity index (χ2v) is 2.11. The van der Waals surface area contributed by atoms with Crippen molar-refractivity contribution in [3.8, 4) is 5.88 Å². The zero-order valence-corrected chi connectivity index (χ0v) is 6.18. The van der Waals surface area contributed by atoms with Crippen LogP contribution < -0.4 is 10.2 Å². The van der Waals surface area contributed by atoms with Crippen molar-refractivity contribution in [3.63, 3.8) is 0 Å². The van der Waals surface area contributed by atoms with Crippen molar-refractivity contribution in [2.75, 3.05) is 7.11 Å². The van der Waals surface area contributed by atoms with Gasteiger partial charge in [-0.25, -0.2) is 0 Å². The normalized spacial score (nSPS) is 9.40. The number of thiol groups is 1. The maximum absolute atomic E-state index is 10.8. The second-order valence-electron chi connectivity index (χ2n) is 1.63. The van der Waals surface area contributed by atoms with Crippen LogP contribution in [-0.2, 0) is 0 Å². The van der Waals surface area contributed by atoms with Gasteiger partial charge < -0.3 is 4.74 Å². The van der Waals surface area contributed by atoms with E-state index in [1.54, 1.807) is 0 Å². The lowest BCUT2D eigenvalue weighted by molar-refractivity contribution is 0.385. The lowest BCUT2D eigenvalue weighted by Crippen LogP contribution is -2.07. The highest BCUT2D eigenvalue weighted by atomic mass is 32.1. The molecule has 54 valence electrons. The van der Waals surface area contributed by atoms with Crippen LogP contribution >= 0.6 is 12.6 Å². The topological polar surface area (TPSA) is 55.0 Å². The van der Waals surface area contributed by atoms with Gasteiger partial charge in [-0.05, 0) is 0 Å². The molecule has 0 spiro atoms. The molecule has 0 aliphatic carbocycles. The first-order valence-electron chi connectivity index (χ1n) is 2.56. The Kier molecular flexibility index (Phi) is 1.96. The number of nitrogens with one attached hydrogen (secondary N) is 1. The molecule has 0 saturated carbocycles. The van der Waals surface area contributed by atoms with Gasteiger partial charge in [-0.15, -0.1) is 17.7 Å². The summed E-state index contributed by atoms with van der Waals surface area (Å²) in [4.78, 5) is 10.8. The fraction of sp³-hybridized carbons (Fsp3) is 0.200. The van der Waals surface area contributed by atoms with Gasteiger partial charge in [-0.1, -0.05) is 0 Å². The van der Waals surface area contributed by atoms with Crippen LogP contribution in [0.5, 0.6) is 5.88 Å². The molecule has 0 unspecified atom stereocenters. The smallest absolute Gasteiger partial charge is 0.279 e. The summed E-state index contributed by atoms with van der Waals surface area (Å²) in [5.41, 5.74) is -0.272. The summed E-state index contributed by atoms with van der Waals surface area (Å²) in [6.07, 6.45) is 0. The average molecular weight is 158 g/mol. The first-order valence-corrected chi connectivity index (χ1v) is 3.01. The molecule has 1 aromatic heterocycles. The minimum atomic E-state index is -0.272. The standard InChI is InChI=1S/C5H6N2O2S/c1-9-5-3(8)2-4(10)6-7-5/h2H,1H3,(H2,6,8,10). The van der Waals surface area contributed by atoms with Gasteiger partial charge in [0.15, 0.2) is 0 Å². The van der Waals surface area contributed by atoms with E-state index in [0.717, 1.165) is 0 Å². The molecule has 0 fully saturated rings. The number of methoxy groups -OCH3 is 1. The van der Waals surface area contributed by atoms with E-state index in [-0.39, 0.29) is 11.3 Å². The molecule has 1 rings (SSSR count). The Labute approximate surface area is 62.6 Å². The largest absolute Gasteiger partial charge is 0.477 e. The Morgan fingerprint density at radius 1 is 1.80 bits per heavy atom. The van der Waals surface area contributed by atoms with Crippen molar-refractivity contribution in [3.05, 3.63) is 16.3 Å². The number of nitrogens with zero attached hydrogens (tertiary/aromatic N) is 1. The third-order valence-electron chi connectivity index (χ3n) is 0.944. The molecule has 10 heavy (non-hydrogen) atoms. The summed E-state index contributed by atoms with van der Waals surface area (Å²) in [6.45, 7) is 0.